The molecule has 0 spiro atoms. The summed E-state index contributed by atoms with van der Waals surface area (Å²) in [6.07, 6.45) is 3.03. The molecule has 106 valence electrons. The molecule has 0 bridgehead atoms. The van der Waals surface area contributed by atoms with Gasteiger partial charge in [-0.1, -0.05) is 24.3 Å². The molecule has 1 fully saturated rings. The van der Waals surface area contributed by atoms with Crippen LogP contribution in [0.1, 0.15) is 6.42 Å². The molecule has 0 saturated carbocycles. The second-order valence-corrected chi connectivity index (χ2v) is 5.25. The van der Waals surface area contributed by atoms with E-state index in [0.717, 1.165) is 31.9 Å². The Labute approximate surface area is 120 Å². The van der Waals surface area contributed by atoms with Crippen LogP contribution in [0.2, 0.25) is 0 Å². The number of nitrogens with zero attached hydrogens (tertiary/aromatic N) is 2. The third kappa shape index (κ3) is 3.26. The van der Waals surface area contributed by atoms with Crippen LogP contribution in [0.3, 0.4) is 0 Å². The molecule has 0 aliphatic carbocycles. The Kier molecular flexibility index (Phi) is 4.46. The van der Waals surface area contributed by atoms with E-state index in [1.54, 1.807) is 0 Å². The number of benzene rings is 1. The Morgan fingerprint density at radius 2 is 2.00 bits per heavy atom. The van der Waals surface area contributed by atoms with Crippen LogP contribution in [0.15, 0.2) is 36.5 Å². The molecule has 1 aliphatic rings. The van der Waals surface area contributed by atoms with Crippen molar-refractivity contribution in [3.63, 3.8) is 0 Å². The van der Waals surface area contributed by atoms with Gasteiger partial charge in [-0.25, -0.2) is 4.98 Å². The fraction of sp³-hybridized carbons (Fsp3) is 0.438. The van der Waals surface area contributed by atoms with E-state index < -0.39 is 0 Å². The van der Waals surface area contributed by atoms with E-state index in [0.29, 0.717) is 0 Å². The Balaban J connectivity index is 1.52. The van der Waals surface area contributed by atoms with Crippen molar-refractivity contribution in [3.8, 4) is 0 Å². The van der Waals surface area contributed by atoms with Crippen molar-refractivity contribution in [1.29, 1.82) is 0 Å². The summed E-state index contributed by atoms with van der Waals surface area (Å²) in [6.45, 7) is 6.74. The van der Waals surface area contributed by atoms with E-state index >= 15 is 0 Å². The number of hydrogen-bond acceptors (Lipinski definition) is 4. The molecule has 3 rings (SSSR count). The first-order chi connectivity index (χ1) is 9.93. The van der Waals surface area contributed by atoms with Crippen molar-refractivity contribution in [2.45, 2.75) is 6.42 Å². The SMILES string of the molecule is c1ccc2c(NCCCN3CCNCC3)nccc2c1. The van der Waals surface area contributed by atoms with Crippen LogP contribution < -0.4 is 10.6 Å². The van der Waals surface area contributed by atoms with E-state index in [4.69, 9.17) is 0 Å². The van der Waals surface area contributed by atoms with Gasteiger partial charge in [-0.15, -0.1) is 0 Å². The predicted octanol–water partition coefficient (Wildman–Crippen LogP) is 1.94. The summed E-state index contributed by atoms with van der Waals surface area (Å²) in [7, 11) is 0. The van der Waals surface area contributed by atoms with Gasteiger partial charge in [-0.3, -0.25) is 0 Å². The highest BCUT2D eigenvalue weighted by Crippen LogP contribution is 2.20. The van der Waals surface area contributed by atoms with Gasteiger partial charge in [-0.2, -0.15) is 0 Å². The summed E-state index contributed by atoms with van der Waals surface area (Å²) in [5, 5.41) is 9.31. The van der Waals surface area contributed by atoms with E-state index in [1.807, 2.05) is 6.20 Å². The van der Waals surface area contributed by atoms with Crippen LogP contribution in [0, 0.1) is 0 Å². The molecule has 1 aliphatic heterocycles. The first kappa shape index (κ1) is 13.3. The molecule has 1 aromatic heterocycles. The lowest BCUT2D eigenvalue weighted by molar-refractivity contribution is 0.240. The molecule has 0 amide bonds. The van der Waals surface area contributed by atoms with Crippen LogP contribution in [-0.4, -0.2) is 49.2 Å². The zero-order chi connectivity index (χ0) is 13.6. The number of rotatable bonds is 5. The molecular formula is C16H22N4. The van der Waals surface area contributed by atoms with Crippen molar-refractivity contribution >= 4 is 16.6 Å². The van der Waals surface area contributed by atoms with E-state index in [9.17, 15) is 0 Å². The van der Waals surface area contributed by atoms with Crippen molar-refractivity contribution in [3.05, 3.63) is 36.5 Å². The molecule has 1 saturated heterocycles. The normalized spacial score (nSPS) is 16.4. The molecular weight excluding hydrogens is 248 g/mol. The lowest BCUT2D eigenvalue weighted by atomic mass is 10.1. The molecule has 2 heterocycles. The van der Waals surface area contributed by atoms with Crippen LogP contribution in [0.4, 0.5) is 5.82 Å². The largest absolute Gasteiger partial charge is 0.370 e. The molecule has 0 radical (unpaired) electrons. The van der Waals surface area contributed by atoms with Gasteiger partial charge in [0.05, 0.1) is 0 Å². The number of fused-ring (bicyclic) bond motifs is 1. The van der Waals surface area contributed by atoms with Crippen LogP contribution in [0.5, 0.6) is 0 Å². The first-order valence-electron chi connectivity index (χ1n) is 7.44. The second kappa shape index (κ2) is 6.68. The van der Waals surface area contributed by atoms with E-state index in [1.165, 1.54) is 30.4 Å². The standard InChI is InChI=1S/C16H22N4/c1-2-5-15-14(4-1)6-8-19-16(15)18-7-3-11-20-12-9-17-10-13-20/h1-2,4-6,8,17H,3,7,9-13H2,(H,18,19). The number of nitrogens with one attached hydrogen (secondary N) is 2. The molecule has 2 aromatic rings. The van der Waals surface area contributed by atoms with Gasteiger partial charge in [0, 0.05) is 44.3 Å². The monoisotopic (exact) mass is 270 g/mol. The predicted molar refractivity (Wildman–Crippen MR) is 84.2 cm³/mol. The van der Waals surface area contributed by atoms with Crippen LogP contribution in [-0.2, 0) is 0 Å². The highest BCUT2D eigenvalue weighted by molar-refractivity contribution is 5.91. The molecule has 0 unspecified atom stereocenters. The van der Waals surface area contributed by atoms with Crippen LogP contribution >= 0.6 is 0 Å². The lowest BCUT2D eigenvalue weighted by Crippen LogP contribution is -2.44. The zero-order valence-corrected chi connectivity index (χ0v) is 11.8. The Morgan fingerprint density at radius 3 is 2.90 bits per heavy atom. The highest BCUT2D eigenvalue weighted by Gasteiger charge is 2.08. The van der Waals surface area contributed by atoms with Gasteiger partial charge in [-0.05, 0) is 24.4 Å². The van der Waals surface area contributed by atoms with Crippen molar-refractivity contribution in [2.24, 2.45) is 0 Å². The molecule has 4 heteroatoms. The Morgan fingerprint density at radius 1 is 1.15 bits per heavy atom. The molecule has 2 N–H and O–H groups in total. The highest BCUT2D eigenvalue weighted by atomic mass is 15.2. The van der Waals surface area contributed by atoms with Gasteiger partial charge in [0.25, 0.3) is 0 Å². The molecule has 1 aromatic carbocycles. The Hall–Kier alpha value is -1.65. The van der Waals surface area contributed by atoms with Gasteiger partial charge in [0.15, 0.2) is 0 Å². The minimum Gasteiger partial charge on any atom is -0.370 e. The second-order valence-electron chi connectivity index (χ2n) is 5.25. The fourth-order valence-electron chi connectivity index (χ4n) is 2.70. The molecule has 20 heavy (non-hydrogen) atoms. The van der Waals surface area contributed by atoms with E-state index in [2.05, 4.69) is 50.8 Å². The molecule has 0 atom stereocenters. The number of hydrogen-bond donors (Lipinski definition) is 2. The van der Waals surface area contributed by atoms with Crippen LogP contribution in [0.25, 0.3) is 10.8 Å². The fourth-order valence-corrected chi connectivity index (χ4v) is 2.70. The molecule has 4 nitrogen and oxygen atoms in total. The smallest absolute Gasteiger partial charge is 0.133 e. The van der Waals surface area contributed by atoms with Crippen molar-refractivity contribution in [1.82, 2.24) is 15.2 Å². The first-order valence-corrected chi connectivity index (χ1v) is 7.44. The minimum atomic E-state index is 0.977. The number of pyridine rings is 1. The number of aromatic nitrogens is 1. The summed E-state index contributed by atoms with van der Waals surface area (Å²) >= 11 is 0. The summed E-state index contributed by atoms with van der Waals surface area (Å²) in [4.78, 5) is 6.98. The Bertz CT molecular complexity index is 544. The topological polar surface area (TPSA) is 40.2 Å². The number of anilines is 1. The van der Waals surface area contributed by atoms with Crippen molar-refractivity contribution < 1.29 is 0 Å². The third-order valence-corrected chi connectivity index (χ3v) is 3.83. The maximum absolute atomic E-state index is 4.46. The van der Waals surface area contributed by atoms with Gasteiger partial charge in [0.2, 0.25) is 0 Å². The van der Waals surface area contributed by atoms with Gasteiger partial charge >= 0.3 is 0 Å². The average Bonchev–Trinajstić information content (AvgIpc) is 2.53. The maximum atomic E-state index is 4.46. The number of piperazine rings is 1. The van der Waals surface area contributed by atoms with Crippen molar-refractivity contribution in [2.75, 3.05) is 44.6 Å². The van der Waals surface area contributed by atoms with E-state index in [-0.39, 0.29) is 0 Å². The summed E-state index contributed by atoms with van der Waals surface area (Å²) in [5.74, 6) is 1.00. The van der Waals surface area contributed by atoms with Gasteiger partial charge < -0.3 is 15.5 Å². The lowest BCUT2D eigenvalue weighted by Gasteiger charge is -2.27. The quantitative estimate of drug-likeness (QED) is 0.815. The van der Waals surface area contributed by atoms with Gasteiger partial charge in [0.1, 0.15) is 5.82 Å². The zero-order valence-electron chi connectivity index (χ0n) is 11.8. The summed E-state index contributed by atoms with van der Waals surface area (Å²) < 4.78 is 0. The maximum Gasteiger partial charge on any atom is 0.133 e. The summed E-state index contributed by atoms with van der Waals surface area (Å²) in [6, 6.07) is 10.4. The third-order valence-electron chi connectivity index (χ3n) is 3.83. The minimum absolute atomic E-state index is 0.977. The summed E-state index contributed by atoms with van der Waals surface area (Å²) in [5.41, 5.74) is 0. The average molecular weight is 270 g/mol.